The summed E-state index contributed by atoms with van der Waals surface area (Å²) in [5.41, 5.74) is 0. The van der Waals surface area contributed by atoms with Crippen molar-refractivity contribution in [2.75, 3.05) is 27.3 Å². The van der Waals surface area contributed by atoms with Crippen molar-refractivity contribution >= 4 is 0 Å². The lowest BCUT2D eigenvalue weighted by Gasteiger charge is -2.30. The highest BCUT2D eigenvalue weighted by Crippen LogP contribution is 2.14. The van der Waals surface area contributed by atoms with Crippen LogP contribution in [0.4, 0.5) is 0 Å². The summed E-state index contributed by atoms with van der Waals surface area (Å²) in [6.45, 7) is 2.65. The van der Waals surface area contributed by atoms with Crippen LogP contribution in [0.25, 0.3) is 0 Å². The van der Waals surface area contributed by atoms with E-state index in [4.69, 9.17) is 9.94 Å². The van der Waals surface area contributed by atoms with Gasteiger partial charge in [0.25, 0.3) is 0 Å². The highest BCUT2D eigenvalue weighted by molar-refractivity contribution is 4.49. The lowest BCUT2D eigenvalue weighted by Crippen LogP contribution is -3.00. The molecule has 0 bridgehead atoms. The van der Waals surface area contributed by atoms with Gasteiger partial charge in [-0.1, -0.05) is 103 Å². The third-order valence-corrected chi connectivity index (χ3v) is 5.30. The number of nitrogens with zero attached hydrogens (tertiary/aromatic N) is 1. The number of likely N-dealkylation sites (N-methyl/N-ethyl adjacent to an activating group) is 1. The van der Waals surface area contributed by atoms with Crippen LogP contribution in [0.15, 0.2) is 0 Å². The third kappa shape index (κ3) is 19.2. The van der Waals surface area contributed by atoms with E-state index in [9.17, 15) is 5.11 Å². The molecule has 0 aromatic rings. The van der Waals surface area contributed by atoms with Crippen LogP contribution < -0.4 is 12.4 Å². The Morgan fingerprint density at radius 2 is 1.00 bits per heavy atom. The van der Waals surface area contributed by atoms with Crippen LogP contribution in [0, 0.1) is 0 Å². The second-order valence-corrected chi connectivity index (χ2v) is 8.23. The summed E-state index contributed by atoms with van der Waals surface area (Å²) in [4.78, 5) is 5.63. The fourth-order valence-corrected chi connectivity index (χ4v) is 3.23. The van der Waals surface area contributed by atoms with Crippen molar-refractivity contribution in [3.05, 3.63) is 0 Å². The van der Waals surface area contributed by atoms with Gasteiger partial charge in [0.15, 0.2) is 0 Å². The van der Waals surface area contributed by atoms with Crippen molar-refractivity contribution in [2.24, 2.45) is 0 Å². The fourth-order valence-electron chi connectivity index (χ4n) is 3.23. The van der Waals surface area contributed by atoms with Crippen molar-refractivity contribution in [1.82, 2.24) is 0 Å². The first-order valence-electron chi connectivity index (χ1n) is 11.3. The van der Waals surface area contributed by atoms with Gasteiger partial charge in [-0.25, -0.2) is 4.84 Å². The van der Waals surface area contributed by atoms with Crippen molar-refractivity contribution in [1.29, 1.82) is 0 Å². The summed E-state index contributed by atoms with van der Waals surface area (Å²) in [5, 5.41) is 18.6. The molecule has 0 aromatic carbocycles. The molecule has 0 saturated carbocycles. The number of unbranched alkanes of at least 4 members (excludes halogenated alkanes) is 15. The predicted molar refractivity (Wildman–Crippen MR) is 111 cm³/mol. The van der Waals surface area contributed by atoms with E-state index in [-0.39, 0.29) is 23.7 Å². The van der Waals surface area contributed by atoms with Gasteiger partial charge in [0.05, 0.1) is 0 Å². The number of halogens is 1. The molecule has 0 radical (unpaired) electrons. The van der Waals surface area contributed by atoms with Crippen LogP contribution in [0.1, 0.15) is 110 Å². The largest absolute Gasteiger partial charge is 1.00 e. The minimum Gasteiger partial charge on any atom is -1.00 e. The van der Waals surface area contributed by atoms with Crippen LogP contribution in [0.5, 0.6) is 0 Å². The molecule has 27 heavy (non-hydrogen) atoms. The lowest BCUT2D eigenvalue weighted by molar-refractivity contribution is -1.11. The highest BCUT2D eigenvalue weighted by atomic mass is 35.5. The van der Waals surface area contributed by atoms with Crippen molar-refractivity contribution in [2.45, 2.75) is 116 Å². The van der Waals surface area contributed by atoms with Gasteiger partial charge in [-0.3, -0.25) is 0 Å². The minimum absolute atomic E-state index is 0. The molecule has 1 unspecified atom stereocenters. The van der Waals surface area contributed by atoms with E-state index in [0.29, 0.717) is 6.61 Å². The zero-order chi connectivity index (χ0) is 19.5. The van der Waals surface area contributed by atoms with Crippen LogP contribution in [-0.4, -0.2) is 48.4 Å². The first-order chi connectivity index (χ1) is 12.5. The number of aliphatic hydroxyl groups excluding tert-OH is 2. The Morgan fingerprint density at radius 1 is 0.667 bits per heavy atom. The average molecular weight is 410 g/mol. The number of quaternary nitrogens is 1. The standard InChI is InChI=1S/C22H48NO3.ClH/c1-4-5-6-7-8-9-10-11-12-13-14-15-16-17-18-19-20-26-23(2,3)22(25)21-24;/h22,24-25H,4-21H2,1-3H3;1H/q+1;/p-1. The number of rotatable bonds is 20. The van der Waals surface area contributed by atoms with E-state index in [1.165, 1.54) is 96.3 Å². The Labute approximate surface area is 175 Å². The number of hydrogen-bond donors (Lipinski definition) is 2. The van der Waals surface area contributed by atoms with Gasteiger partial charge < -0.3 is 22.6 Å². The Bertz CT molecular complexity index is 291. The lowest BCUT2D eigenvalue weighted by atomic mass is 10.0. The summed E-state index contributed by atoms with van der Waals surface area (Å²) in [7, 11) is 3.54. The Kier molecular flexibility index (Phi) is 22.7. The average Bonchev–Trinajstić information content (AvgIpc) is 2.63. The molecule has 5 heteroatoms. The molecule has 1 atom stereocenters. The smallest absolute Gasteiger partial charge is 0.243 e. The molecule has 0 aliphatic heterocycles. The van der Waals surface area contributed by atoms with Gasteiger partial charge >= 0.3 is 0 Å². The van der Waals surface area contributed by atoms with E-state index in [1.807, 2.05) is 0 Å². The molecule has 0 aromatic heterocycles. The number of hydrogen-bond acceptors (Lipinski definition) is 3. The zero-order valence-corrected chi connectivity index (χ0v) is 19.2. The van der Waals surface area contributed by atoms with E-state index < -0.39 is 6.23 Å². The minimum atomic E-state index is -0.865. The van der Waals surface area contributed by atoms with Crippen molar-refractivity contribution < 1.29 is 32.1 Å². The van der Waals surface area contributed by atoms with Gasteiger partial charge in [0, 0.05) is 0 Å². The van der Waals surface area contributed by atoms with Crippen LogP contribution in [0.2, 0.25) is 0 Å². The normalized spacial score (nSPS) is 12.8. The van der Waals surface area contributed by atoms with E-state index >= 15 is 0 Å². The molecule has 0 spiro atoms. The number of hydroxylamine groups is 3. The Balaban J connectivity index is 0. The number of aliphatic hydroxyl groups is 2. The third-order valence-electron chi connectivity index (χ3n) is 5.30. The summed E-state index contributed by atoms with van der Waals surface area (Å²) < 4.78 is 0.00917. The van der Waals surface area contributed by atoms with Crippen LogP contribution >= 0.6 is 0 Å². The molecular formula is C22H48ClNO3. The second kappa shape index (κ2) is 20.9. The van der Waals surface area contributed by atoms with Crippen LogP contribution in [-0.2, 0) is 4.84 Å². The molecule has 0 fully saturated rings. The van der Waals surface area contributed by atoms with Gasteiger partial charge in [0.2, 0.25) is 6.23 Å². The first-order valence-corrected chi connectivity index (χ1v) is 11.3. The quantitative estimate of drug-likeness (QED) is 0.141. The molecule has 166 valence electrons. The van der Waals surface area contributed by atoms with Gasteiger partial charge in [0.1, 0.15) is 27.3 Å². The van der Waals surface area contributed by atoms with E-state index in [0.717, 1.165) is 6.42 Å². The molecule has 0 aliphatic carbocycles. The SMILES string of the molecule is CCCCCCCCCCCCCCCCCCO[N+](C)(C)C(O)CO.[Cl-]. The van der Waals surface area contributed by atoms with Crippen LogP contribution in [0.3, 0.4) is 0 Å². The molecule has 0 rings (SSSR count). The molecule has 0 saturated heterocycles. The summed E-state index contributed by atoms with van der Waals surface area (Å²) in [6, 6.07) is 0. The van der Waals surface area contributed by atoms with E-state index in [1.54, 1.807) is 14.1 Å². The fraction of sp³-hybridized carbons (Fsp3) is 1.00. The topological polar surface area (TPSA) is 49.7 Å². The van der Waals surface area contributed by atoms with Gasteiger partial charge in [-0.05, 0) is 6.42 Å². The second-order valence-electron chi connectivity index (χ2n) is 8.23. The Morgan fingerprint density at radius 3 is 1.33 bits per heavy atom. The summed E-state index contributed by atoms with van der Waals surface area (Å²) in [5.74, 6) is 0. The molecular weight excluding hydrogens is 362 g/mol. The van der Waals surface area contributed by atoms with Gasteiger partial charge in [-0.2, -0.15) is 4.65 Å². The maximum Gasteiger partial charge on any atom is 0.243 e. The zero-order valence-electron chi connectivity index (χ0n) is 18.4. The van der Waals surface area contributed by atoms with E-state index in [2.05, 4.69) is 6.92 Å². The molecule has 0 aliphatic rings. The summed E-state index contributed by atoms with van der Waals surface area (Å²) in [6.07, 6.45) is 20.9. The predicted octanol–water partition coefficient (Wildman–Crippen LogP) is 2.57. The summed E-state index contributed by atoms with van der Waals surface area (Å²) >= 11 is 0. The van der Waals surface area contributed by atoms with Crippen molar-refractivity contribution in [3.8, 4) is 0 Å². The monoisotopic (exact) mass is 409 g/mol. The Hall–Kier alpha value is 0.130. The molecule has 4 nitrogen and oxygen atoms in total. The maximum atomic E-state index is 9.62. The molecule has 0 heterocycles. The van der Waals surface area contributed by atoms with Gasteiger partial charge in [-0.15, -0.1) is 0 Å². The highest BCUT2D eigenvalue weighted by Gasteiger charge is 2.27. The first kappa shape index (κ1) is 29.3. The molecule has 0 amide bonds. The maximum absolute atomic E-state index is 9.62. The molecule has 2 N–H and O–H groups in total. The van der Waals surface area contributed by atoms with Crippen molar-refractivity contribution in [3.63, 3.8) is 0 Å².